The number of aromatic nitrogens is 1. The van der Waals surface area contributed by atoms with Crippen molar-refractivity contribution in [3.63, 3.8) is 0 Å². The molecule has 1 amide bonds. The van der Waals surface area contributed by atoms with E-state index in [0.717, 1.165) is 4.88 Å². The number of nitrogens with zero attached hydrogens (tertiary/aromatic N) is 1. The molecule has 5 nitrogen and oxygen atoms in total. The van der Waals surface area contributed by atoms with Crippen LogP contribution in [0.1, 0.15) is 25.7 Å². The second kappa shape index (κ2) is 5.07. The van der Waals surface area contributed by atoms with Gasteiger partial charge in [-0.1, -0.05) is 11.6 Å². The number of carboxylic acids is 1. The minimum Gasteiger partial charge on any atom is -0.478 e. The average Bonchev–Trinajstić information content (AvgIpc) is 2.81. The van der Waals surface area contributed by atoms with Gasteiger partial charge in [-0.3, -0.25) is 4.79 Å². The van der Waals surface area contributed by atoms with Gasteiger partial charge in [0.05, 0.1) is 10.6 Å². The minimum absolute atomic E-state index is 0.0937. The van der Waals surface area contributed by atoms with E-state index in [-0.39, 0.29) is 5.56 Å². The molecule has 2 rings (SSSR count). The van der Waals surface area contributed by atoms with Crippen molar-refractivity contribution in [2.75, 3.05) is 5.32 Å². The Hall–Kier alpha value is -1.79. The summed E-state index contributed by atoms with van der Waals surface area (Å²) in [6, 6.07) is 3.05. The van der Waals surface area contributed by atoms with Gasteiger partial charge in [0.1, 0.15) is 10.7 Å². The summed E-state index contributed by atoms with van der Waals surface area (Å²) in [7, 11) is 1.69. The summed E-state index contributed by atoms with van der Waals surface area (Å²) in [5.74, 6) is -1.46. The van der Waals surface area contributed by atoms with E-state index in [0.29, 0.717) is 15.7 Å². The van der Waals surface area contributed by atoms with E-state index in [1.54, 1.807) is 24.7 Å². The lowest BCUT2D eigenvalue weighted by Crippen LogP contribution is -2.16. The highest BCUT2D eigenvalue weighted by molar-refractivity contribution is 7.16. The first-order chi connectivity index (χ1) is 8.88. The van der Waals surface area contributed by atoms with E-state index in [4.69, 9.17) is 16.7 Å². The lowest BCUT2D eigenvalue weighted by molar-refractivity contribution is 0.0698. The zero-order valence-electron chi connectivity index (χ0n) is 10.2. The average molecular weight is 299 g/mol. The molecule has 2 heterocycles. The smallest absolute Gasteiger partial charge is 0.338 e. The highest BCUT2D eigenvalue weighted by Crippen LogP contribution is 2.28. The van der Waals surface area contributed by atoms with Crippen LogP contribution in [0.15, 0.2) is 18.3 Å². The molecule has 0 bridgehead atoms. The van der Waals surface area contributed by atoms with E-state index in [1.165, 1.54) is 23.5 Å². The van der Waals surface area contributed by atoms with Crippen LogP contribution >= 0.6 is 22.9 Å². The molecule has 0 unspecified atom stereocenters. The van der Waals surface area contributed by atoms with E-state index < -0.39 is 11.9 Å². The molecule has 0 aliphatic carbocycles. The van der Waals surface area contributed by atoms with Crippen LogP contribution in [0.25, 0.3) is 0 Å². The SMILES string of the molecule is Cc1cc(C(=O)O)c(NC(=O)c2cc(Cl)cn2C)s1. The fourth-order valence-electron chi connectivity index (χ4n) is 1.68. The van der Waals surface area contributed by atoms with Gasteiger partial charge in [0.2, 0.25) is 0 Å². The molecular formula is C12H11ClN2O3S. The summed E-state index contributed by atoms with van der Waals surface area (Å²) in [4.78, 5) is 23.9. The van der Waals surface area contributed by atoms with Gasteiger partial charge in [-0.15, -0.1) is 11.3 Å². The number of amides is 1. The fraction of sp³-hybridized carbons (Fsp3) is 0.167. The summed E-state index contributed by atoms with van der Waals surface area (Å²) in [5, 5.41) is 12.4. The lowest BCUT2D eigenvalue weighted by atomic mass is 10.3. The van der Waals surface area contributed by atoms with E-state index in [2.05, 4.69) is 5.32 Å². The largest absolute Gasteiger partial charge is 0.478 e. The zero-order valence-corrected chi connectivity index (χ0v) is 11.8. The Bertz CT molecular complexity index is 660. The Morgan fingerprint density at radius 2 is 2.11 bits per heavy atom. The number of carbonyl (C=O) groups excluding carboxylic acids is 1. The molecule has 19 heavy (non-hydrogen) atoms. The lowest BCUT2D eigenvalue weighted by Gasteiger charge is -2.04. The Balaban J connectivity index is 2.29. The number of rotatable bonds is 3. The third kappa shape index (κ3) is 2.80. The topological polar surface area (TPSA) is 71.3 Å². The first-order valence-electron chi connectivity index (χ1n) is 5.35. The van der Waals surface area contributed by atoms with Gasteiger partial charge in [-0.25, -0.2) is 4.79 Å². The van der Waals surface area contributed by atoms with Gasteiger partial charge >= 0.3 is 5.97 Å². The number of carboxylic acid groups (broad SMARTS) is 1. The van der Waals surface area contributed by atoms with Crippen molar-refractivity contribution in [2.24, 2.45) is 7.05 Å². The Morgan fingerprint density at radius 3 is 2.63 bits per heavy atom. The minimum atomic E-state index is -1.07. The normalized spacial score (nSPS) is 10.5. The van der Waals surface area contributed by atoms with E-state index >= 15 is 0 Å². The number of aryl methyl sites for hydroxylation is 2. The fourth-order valence-corrected chi connectivity index (χ4v) is 2.83. The van der Waals surface area contributed by atoms with Crippen LogP contribution in [0.3, 0.4) is 0 Å². The second-order valence-corrected chi connectivity index (χ2v) is 5.71. The Kier molecular flexibility index (Phi) is 3.64. The molecule has 0 atom stereocenters. The molecule has 0 aromatic carbocycles. The van der Waals surface area contributed by atoms with Gasteiger partial charge < -0.3 is 15.0 Å². The zero-order chi connectivity index (χ0) is 14.2. The molecule has 0 spiro atoms. The number of hydrogen-bond acceptors (Lipinski definition) is 3. The number of carbonyl (C=O) groups is 2. The molecule has 100 valence electrons. The van der Waals surface area contributed by atoms with Crippen LogP contribution in [-0.2, 0) is 7.05 Å². The number of aromatic carboxylic acids is 1. The van der Waals surface area contributed by atoms with Gasteiger partial charge in [-0.2, -0.15) is 0 Å². The Morgan fingerprint density at radius 1 is 1.42 bits per heavy atom. The number of halogens is 1. The van der Waals surface area contributed by atoms with Crippen LogP contribution < -0.4 is 5.32 Å². The summed E-state index contributed by atoms with van der Waals surface area (Å²) in [6.45, 7) is 1.78. The third-order valence-corrected chi connectivity index (χ3v) is 3.69. The maximum atomic E-state index is 12.1. The molecule has 2 N–H and O–H groups in total. The summed E-state index contributed by atoms with van der Waals surface area (Å²) in [6.07, 6.45) is 1.61. The molecule has 2 aromatic heterocycles. The molecule has 2 aromatic rings. The second-order valence-electron chi connectivity index (χ2n) is 4.01. The molecule has 0 fully saturated rings. The predicted octanol–water partition coefficient (Wildman–Crippen LogP) is 3.00. The van der Waals surface area contributed by atoms with Crippen LogP contribution in [0.4, 0.5) is 5.00 Å². The number of thiophene rings is 1. The standard InChI is InChI=1S/C12H11ClN2O3S/c1-6-3-8(12(17)18)11(19-6)14-10(16)9-4-7(13)5-15(9)2/h3-5H,1-2H3,(H,14,16)(H,17,18). The third-order valence-electron chi connectivity index (χ3n) is 2.52. The van der Waals surface area contributed by atoms with Gasteiger partial charge in [0.15, 0.2) is 0 Å². The van der Waals surface area contributed by atoms with E-state index in [9.17, 15) is 9.59 Å². The summed E-state index contributed by atoms with van der Waals surface area (Å²) < 4.78 is 1.58. The number of nitrogens with one attached hydrogen (secondary N) is 1. The van der Waals surface area contributed by atoms with Crippen molar-refractivity contribution in [1.29, 1.82) is 0 Å². The van der Waals surface area contributed by atoms with Crippen LogP contribution in [-0.4, -0.2) is 21.6 Å². The Labute approximate surface area is 118 Å². The summed E-state index contributed by atoms with van der Waals surface area (Å²) >= 11 is 7.03. The summed E-state index contributed by atoms with van der Waals surface area (Å²) in [5.41, 5.74) is 0.462. The van der Waals surface area contributed by atoms with Gasteiger partial charge in [-0.05, 0) is 19.1 Å². The van der Waals surface area contributed by atoms with Crippen molar-refractivity contribution in [3.8, 4) is 0 Å². The highest BCUT2D eigenvalue weighted by atomic mass is 35.5. The van der Waals surface area contributed by atoms with E-state index in [1.807, 2.05) is 0 Å². The maximum absolute atomic E-state index is 12.1. The number of hydrogen-bond donors (Lipinski definition) is 2. The van der Waals surface area contributed by atoms with Crippen molar-refractivity contribution in [1.82, 2.24) is 4.57 Å². The monoisotopic (exact) mass is 298 g/mol. The molecule has 0 radical (unpaired) electrons. The molecule has 0 saturated carbocycles. The molecular weight excluding hydrogens is 288 g/mol. The van der Waals surface area contributed by atoms with Crippen molar-refractivity contribution >= 4 is 39.8 Å². The van der Waals surface area contributed by atoms with Gasteiger partial charge in [0.25, 0.3) is 5.91 Å². The van der Waals surface area contributed by atoms with Crippen LogP contribution in [0.2, 0.25) is 5.02 Å². The molecule has 0 saturated heterocycles. The molecule has 0 aliphatic rings. The van der Waals surface area contributed by atoms with Crippen LogP contribution in [0.5, 0.6) is 0 Å². The quantitative estimate of drug-likeness (QED) is 0.915. The number of anilines is 1. The van der Waals surface area contributed by atoms with Gasteiger partial charge in [0, 0.05) is 18.1 Å². The van der Waals surface area contributed by atoms with Crippen molar-refractivity contribution in [3.05, 3.63) is 39.5 Å². The first-order valence-corrected chi connectivity index (χ1v) is 6.55. The molecule has 7 heteroatoms. The van der Waals surface area contributed by atoms with Crippen molar-refractivity contribution < 1.29 is 14.7 Å². The first kappa shape index (κ1) is 13.6. The highest BCUT2D eigenvalue weighted by Gasteiger charge is 2.18. The van der Waals surface area contributed by atoms with Crippen LogP contribution in [0, 0.1) is 6.92 Å². The molecule has 0 aliphatic heterocycles. The maximum Gasteiger partial charge on any atom is 0.338 e. The van der Waals surface area contributed by atoms with Crippen molar-refractivity contribution in [2.45, 2.75) is 6.92 Å². The predicted molar refractivity (Wildman–Crippen MR) is 74.4 cm³/mol.